The number of aryl methyl sites for hydroxylation is 1. The minimum absolute atomic E-state index is 0.0112. The number of piperidine rings is 2. The second-order valence-electron chi connectivity index (χ2n) is 12.8. The van der Waals surface area contributed by atoms with Crippen molar-refractivity contribution in [3.63, 3.8) is 0 Å². The summed E-state index contributed by atoms with van der Waals surface area (Å²) in [6.45, 7) is 4.09. The summed E-state index contributed by atoms with van der Waals surface area (Å²) >= 11 is 0. The predicted molar refractivity (Wildman–Crippen MR) is 151 cm³/mol. The molecule has 2 aromatic carbocycles. The average molecular weight is 658 g/mol. The number of hydrogen-bond acceptors (Lipinski definition) is 4. The summed E-state index contributed by atoms with van der Waals surface area (Å²) in [4.78, 5) is 55.8. The molecule has 2 aliphatic rings. The average Bonchev–Trinajstić information content (AvgIpc) is 2.92. The van der Waals surface area contributed by atoms with E-state index in [0.717, 1.165) is 9.80 Å². The van der Waals surface area contributed by atoms with E-state index in [1.807, 2.05) is 0 Å². The molecule has 2 aromatic rings. The zero-order valence-electron chi connectivity index (χ0n) is 25.7. The molecular formula is C32H34F7N3O4. The molecule has 0 unspecified atom stereocenters. The van der Waals surface area contributed by atoms with Crippen molar-refractivity contribution in [3.05, 3.63) is 70.0 Å². The van der Waals surface area contributed by atoms with Gasteiger partial charge in [-0.3, -0.25) is 24.1 Å². The second-order valence-corrected chi connectivity index (χ2v) is 12.8. The number of rotatable bonds is 6. The van der Waals surface area contributed by atoms with Crippen LogP contribution in [0.3, 0.4) is 0 Å². The topological polar surface area (TPSA) is 78.0 Å². The molecular weight excluding hydrogens is 623 g/mol. The maximum Gasteiger partial charge on any atom is 0.416 e. The quantitative estimate of drug-likeness (QED) is 0.285. The Hall–Kier alpha value is -3.97. The minimum Gasteiger partial charge on any atom is -0.341 e. The highest BCUT2D eigenvalue weighted by Gasteiger charge is 2.42. The van der Waals surface area contributed by atoms with Crippen LogP contribution in [0.25, 0.3) is 0 Å². The van der Waals surface area contributed by atoms with Gasteiger partial charge in [-0.15, -0.1) is 0 Å². The van der Waals surface area contributed by atoms with Gasteiger partial charge in [0.2, 0.25) is 23.6 Å². The summed E-state index contributed by atoms with van der Waals surface area (Å²) < 4.78 is 94.4. The van der Waals surface area contributed by atoms with Crippen molar-refractivity contribution in [2.75, 3.05) is 26.7 Å². The molecule has 250 valence electrons. The standard InChI is InChI=1S/C32H34F7N3O4/c1-18-9-22(33)5-6-23(18)25-16-41(28(45)17-42-26(43)13-30(2,3)14-27(42)44)8-7-24(25)29(46)40(4)15-19-10-20(31(34,35)36)12-21(11-19)32(37,38)39/h5-6,9-12,24-25H,7-8,13-17H2,1-4H3/t24-,25+/m1/s1. The van der Waals surface area contributed by atoms with Gasteiger partial charge in [-0.25, -0.2) is 4.39 Å². The Kier molecular flexibility index (Phi) is 9.61. The molecule has 0 saturated carbocycles. The lowest BCUT2D eigenvalue weighted by molar-refractivity contribution is -0.157. The lowest BCUT2D eigenvalue weighted by Crippen LogP contribution is -2.53. The van der Waals surface area contributed by atoms with E-state index >= 15 is 0 Å². The molecule has 2 heterocycles. The fourth-order valence-corrected chi connectivity index (χ4v) is 6.21. The van der Waals surface area contributed by atoms with Gasteiger partial charge in [-0.1, -0.05) is 19.9 Å². The van der Waals surface area contributed by atoms with Crippen molar-refractivity contribution in [2.45, 2.75) is 64.8 Å². The molecule has 46 heavy (non-hydrogen) atoms. The molecule has 2 aliphatic heterocycles. The van der Waals surface area contributed by atoms with Gasteiger partial charge in [0.25, 0.3) is 0 Å². The number of alkyl halides is 6. The first kappa shape index (κ1) is 34.9. The lowest BCUT2D eigenvalue weighted by Gasteiger charge is -2.41. The van der Waals surface area contributed by atoms with E-state index in [2.05, 4.69) is 0 Å². The Morgan fingerprint density at radius 2 is 1.50 bits per heavy atom. The first-order valence-electron chi connectivity index (χ1n) is 14.6. The highest BCUT2D eigenvalue weighted by Crippen LogP contribution is 2.39. The Morgan fingerprint density at radius 3 is 2.02 bits per heavy atom. The van der Waals surface area contributed by atoms with Crippen molar-refractivity contribution >= 4 is 23.6 Å². The van der Waals surface area contributed by atoms with Crippen LogP contribution in [0, 0.1) is 24.1 Å². The number of benzene rings is 2. The molecule has 4 rings (SSSR count). The fraction of sp³-hybridized carbons (Fsp3) is 0.500. The van der Waals surface area contributed by atoms with Gasteiger partial charge in [-0.05, 0) is 65.8 Å². The smallest absolute Gasteiger partial charge is 0.341 e. The Bertz CT molecular complexity index is 1480. The van der Waals surface area contributed by atoms with Crippen molar-refractivity contribution in [1.82, 2.24) is 14.7 Å². The van der Waals surface area contributed by atoms with E-state index in [-0.39, 0.29) is 44.0 Å². The predicted octanol–water partition coefficient (Wildman–Crippen LogP) is 5.94. The maximum atomic E-state index is 14.0. The highest BCUT2D eigenvalue weighted by atomic mass is 19.4. The van der Waals surface area contributed by atoms with E-state index in [1.165, 1.54) is 30.1 Å². The van der Waals surface area contributed by atoms with E-state index in [0.29, 0.717) is 23.3 Å². The number of carbonyl (C=O) groups is 4. The zero-order valence-corrected chi connectivity index (χ0v) is 25.7. The van der Waals surface area contributed by atoms with Gasteiger partial charge in [0.05, 0.1) is 11.1 Å². The molecule has 0 spiro atoms. The van der Waals surface area contributed by atoms with Crippen molar-refractivity contribution in [2.24, 2.45) is 11.3 Å². The molecule has 2 saturated heterocycles. The Balaban J connectivity index is 1.58. The normalized spacial score (nSPS) is 20.6. The van der Waals surface area contributed by atoms with E-state index in [9.17, 15) is 49.9 Å². The van der Waals surface area contributed by atoms with Crippen LogP contribution >= 0.6 is 0 Å². The summed E-state index contributed by atoms with van der Waals surface area (Å²) in [6.07, 6.45) is -9.88. The van der Waals surface area contributed by atoms with Crippen LogP contribution in [-0.2, 0) is 38.1 Å². The summed E-state index contributed by atoms with van der Waals surface area (Å²) in [5, 5.41) is 0. The van der Waals surface area contributed by atoms with Crippen LogP contribution in [-0.4, -0.2) is 65.0 Å². The number of amides is 4. The monoisotopic (exact) mass is 657 g/mol. The van der Waals surface area contributed by atoms with Gasteiger partial charge < -0.3 is 9.80 Å². The number of likely N-dealkylation sites (tertiary alicyclic amines) is 2. The summed E-state index contributed by atoms with van der Waals surface area (Å²) in [6, 6.07) is 5.03. The maximum absolute atomic E-state index is 14.0. The minimum atomic E-state index is -5.05. The van der Waals surface area contributed by atoms with Crippen molar-refractivity contribution in [3.8, 4) is 0 Å². The number of halogens is 7. The largest absolute Gasteiger partial charge is 0.416 e. The number of imide groups is 1. The number of nitrogens with zero attached hydrogens (tertiary/aromatic N) is 3. The van der Waals surface area contributed by atoms with Gasteiger partial charge in [0, 0.05) is 51.4 Å². The van der Waals surface area contributed by atoms with E-state index < -0.39 is 83.3 Å². The lowest BCUT2D eigenvalue weighted by atomic mass is 9.78. The molecule has 2 fully saturated rings. The Morgan fingerprint density at radius 1 is 0.935 bits per heavy atom. The third-order valence-electron chi connectivity index (χ3n) is 8.51. The van der Waals surface area contributed by atoms with Crippen LogP contribution in [0.2, 0.25) is 0 Å². The second kappa shape index (κ2) is 12.7. The highest BCUT2D eigenvalue weighted by molar-refractivity contribution is 6.01. The van der Waals surface area contributed by atoms with E-state index in [1.54, 1.807) is 20.8 Å². The van der Waals surface area contributed by atoms with Crippen LogP contribution in [0.15, 0.2) is 36.4 Å². The number of hydrogen-bond donors (Lipinski definition) is 0. The zero-order chi connectivity index (χ0) is 34.4. The van der Waals surface area contributed by atoms with Crippen LogP contribution in [0.1, 0.15) is 66.8 Å². The van der Waals surface area contributed by atoms with Crippen molar-refractivity contribution < 1.29 is 49.9 Å². The van der Waals surface area contributed by atoms with Crippen LogP contribution in [0.4, 0.5) is 30.7 Å². The third kappa shape index (κ3) is 7.87. The van der Waals surface area contributed by atoms with Gasteiger partial charge >= 0.3 is 12.4 Å². The SMILES string of the molecule is Cc1cc(F)ccc1[C@@H]1CN(C(=O)CN2C(=O)CC(C)(C)CC2=O)CC[C@H]1C(=O)N(C)Cc1cc(C(F)(F)F)cc(C(F)(F)F)c1. The molecule has 0 radical (unpaired) electrons. The molecule has 0 bridgehead atoms. The molecule has 4 amide bonds. The van der Waals surface area contributed by atoms with Gasteiger partial charge in [0.1, 0.15) is 12.4 Å². The fourth-order valence-electron chi connectivity index (χ4n) is 6.21. The first-order chi connectivity index (χ1) is 21.2. The van der Waals surface area contributed by atoms with Crippen LogP contribution < -0.4 is 0 Å². The van der Waals surface area contributed by atoms with Crippen molar-refractivity contribution in [1.29, 1.82) is 0 Å². The molecule has 0 aromatic heterocycles. The first-order valence-corrected chi connectivity index (χ1v) is 14.6. The van der Waals surface area contributed by atoms with Gasteiger partial charge in [-0.2, -0.15) is 26.3 Å². The summed E-state index contributed by atoms with van der Waals surface area (Å²) in [7, 11) is 1.26. The van der Waals surface area contributed by atoms with Crippen LogP contribution in [0.5, 0.6) is 0 Å². The number of carbonyl (C=O) groups excluding carboxylic acids is 4. The molecule has 2 atom stereocenters. The summed E-state index contributed by atoms with van der Waals surface area (Å²) in [5.74, 6) is -4.21. The molecule has 0 N–H and O–H groups in total. The Labute approximate surface area is 261 Å². The van der Waals surface area contributed by atoms with E-state index in [4.69, 9.17) is 0 Å². The molecule has 14 heteroatoms. The van der Waals surface area contributed by atoms with Gasteiger partial charge in [0.15, 0.2) is 0 Å². The third-order valence-corrected chi connectivity index (χ3v) is 8.51. The summed E-state index contributed by atoms with van der Waals surface area (Å²) in [5.41, 5.74) is -2.92. The molecule has 7 nitrogen and oxygen atoms in total. The molecule has 0 aliphatic carbocycles.